The van der Waals surface area contributed by atoms with Crippen molar-refractivity contribution < 1.29 is 38.0 Å². The Labute approximate surface area is 241 Å². The van der Waals surface area contributed by atoms with Gasteiger partial charge in [-0.05, 0) is 31.4 Å². The van der Waals surface area contributed by atoms with Gasteiger partial charge < -0.3 is 38.9 Å². The molecular formula is C31H53NO8. The third-order valence-corrected chi connectivity index (χ3v) is 5.95. The second-order valence-corrected chi connectivity index (χ2v) is 9.58. The van der Waals surface area contributed by atoms with E-state index in [4.69, 9.17) is 38.9 Å². The molecular weight excluding hydrogens is 514 g/mol. The molecule has 40 heavy (non-hydrogen) atoms. The van der Waals surface area contributed by atoms with E-state index < -0.39 is 5.97 Å². The molecule has 0 aliphatic carbocycles. The fraction of sp³-hybridized carbons (Fsp3) is 0.710. The molecule has 0 saturated heterocycles. The van der Waals surface area contributed by atoms with Gasteiger partial charge in [0.1, 0.15) is 6.61 Å². The molecule has 0 amide bonds. The molecule has 1 aromatic rings. The summed E-state index contributed by atoms with van der Waals surface area (Å²) >= 11 is 0. The van der Waals surface area contributed by atoms with E-state index in [-0.39, 0.29) is 6.61 Å². The highest BCUT2D eigenvalue weighted by atomic mass is 16.6. The maximum Gasteiger partial charge on any atom is 0.333 e. The zero-order valence-electron chi connectivity index (χ0n) is 24.9. The minimum Gasteiger partial charge on any atom is -0.460 e. The Bertz CT molecular complexity index is 774. The van der Waals surface area contributed by atoms with Crippen molar-refractivity contribution in [1.82, 2.24) is 0 Å². The first-order valence-corrected chi connectivity index (χ1v) is 14.7. The molecule has 0 aliphatic heterocycles. The van der Waals surface area contributed by atoms with Crippen molar-refractivity contribution in [2.45, 2.75) is 65.4 Å². The highest BCUT2D eigenvalue weighted by molar-refractivity contribution is 5.86. The lowest BCUT2D eigenvalue weighted by molar-refractivity contribution is -0.140. The van der Waals surface area contributed by atoms with Crippen LogP contribution in [-0.4, -0.2) is 85.3 Å². The Balaban J connectivity index is 1.86. The van der Waals surface area contributed by atoms with Crippen LogP contribution in [0.2, 0.25) is 0 Å². The molecule has 0 fully saturated rings. The zero-order chi connectivity index (χ0) is 29.1. The Hall–Kier alpha value is -2.01. The van der Waals surface area contributed by atoms with Gasteiger partial charge in [0.25, 0.3) is 0 Å². The monoisotopic (exact) mass is 567 g/mol. The number of carbonyl (C=O) groups excluding carboxylic acids is 1. The SMILES string of the molecule is C=C(C)C(=O)OCCOCCOCCOCCOCCOCCOCc1cc(CCCCCCCC)ccc1N. The predicted octanol–water partition coefficient (Wildman–Crippen LogP) is 4.89. The summed E-state index contributed by atoms with van der Waals surface area (Å²) in [6, 6.07) is 6.29. The van der Waals surface area contributed by atoms with E-state index in [1.807, 2.05) is 6.07 Å². The molecule has 0 bridgehead atoms. The first kappa shape index (κ1) is 36.0. The van der Waals surface area contributed by atoms with Crippen LogP contribution in [0.15, 0.2) is 30.4 Å². The second kappa shape index (κ2) is 25.9. The van der Waals surface area contributed by atoms with Gasteiger partial charge in [-0.1, -0.05) is 57.7 Å². The van der Waals surface area contributed by atoms with E-state index in [1.165, 1.54) is 44.1 Å². The zero-order valence-corrected chi connectivity index (χ0v) is 24.9. The number of nitrogens with two attached hydrogens (primary N) is 1. The lowest BCUT2D eigenvalue weighted by Gasteiger charge is -2.10. The lowest BCUT2D eigenvalue weighted by atomic mass is 10.0. The van der Waals surface area contributed by atoms with Crippen LogP contribution in [0, 0.1) is 0 Å². The van der Waals surface area contributed by atoms with Gasteiger partial charge in [0.2, 0.25) is 0 Å². The Morgan fingerprint density at radius 3 is 1.70 bits per heavy atom. The van der Waals surface area contributed by atoms with E-state index >= 15 is 0 Å². The molecule has 0 atom stereocenters. The van der Waals surface area contributed by atoms with Crippen molar-refractivity contribution in [2.24, 2.45) is 0 Å². The van der Waals surface area contributed by atoms with Crippen LogP contribution in [0.4, 0.5) is 5.69 Å². The van der Waals surface area contributed by atoms with Crippen LogP contribution in [0.5, 0.6) is 0 Å². The minimum atomic E-state index is -0.407. The lowest BCUT2D eigenvalue weighted by Crippen LogP contribution is -2.15. The molecule has 1 aromatic carbocycles. The molecule has 2 N–H and O–H groups in total. The number of carbonyl (C=O) groups is 1. The van der Waals surface area contributed by atoms with E-state index in [0.717, 1.165) is 17.7 Å². The van der Waals surface area contributed by atoms with Crippen LogP contribution in [-0.2, 0) is 51.0 Å². The third kappa shape index (κ3) is 20.8. The first-order valence-electron chi connectivity index (χ1n) is 14.7. The standard InChI is InChI=1S/C31H53NO8/c1-4-5-6-7-8-9-10-28-11-12-30(32)29(25-28)26-39-22-21-37-18-17-35-14-13-34-15-16-36-19-20-38-23-24-40-31(33)27(2)3/h11-12,25H,2,4-10,13-24,26,32H2,1,3H3. The molecule has 0 aromatic heterocycles. The number of hydrogen-bond acceptors (Lipinski definition) is 9. The maximum atomic E-state index is 11.2. The van der Waals surface area contributed by atoms with Gasteiger partial charge in [0.05, 0.1) is 79.3 Å². The molecule has 0 unspecified atom stereocenters. The van der Waals surface area contributed by atoms with Gasteiger partial charge in [-0.15, -0.1) is 0 Å². The Morgan fingerprint density at radius 2 is 1.18 bits per heavy atom. The smallest absolute Gasteiger partial charge is 0.333 e. The minimum absolute atomic E-state index is 0.206. The molecule has 0 spiro atoms. The van der Waals surface area contributed by atoms with Crippen LogP contribution >= 0.6 is 0 Å². The van der Waals surface area contributed by atoms with Crippen molar-refractivity contribution in [3.8, 4) is 0 Å². The van der Waals surface area contributed by atoms with Gasteiger partial charge in [-0.25, -0.2) is 4.79 Å². The van der Waals surface area contributed by atoms with Crippen LogP contribution in [0.25, 0.3) is 0 Å². The van der Waals surface area contributed by atoms with E-state index in [2.05, 4.69) is 25.6 Å². The summed E-state index contributed by atoms with van der Waals surface area (Å²) in [6.07, 6.45) is 8.90. The molecule has 0 saturated carbocycles. The van der Waals surface area contributed by atoms with Crippen molar-refractivity contribution in [3.63, 3.8) is 0 Å². The first-order chi connectivity index (χ1) is 19.5. The number of nitrogen functional groups attached to an aromatic ring is 1. The van der Waals surface area contributed by atoms with Crippen molar-refractivity contribution in [2.75, 3.05) is 85.0 Å². The molecule has 0 heterocycles. The Morgan fingerprint density at radius 1 is 0.700 bits per heavy atom. The fourth-order valence-electron chi connectivity index (χ4n) is 3.65. The molecule has 0 aliphatic rings. The van der Waals surface area contributed by atoms with Gasteiger partial charge in [-0.2, -0.15) is 0 Å². The van der Waals surface area contributed by atoms with Gasteiger partial charge in [-0.3, -0.25) is 0 Å². The average Bonchev–Trinajstić information content (AvgIpc) is 2.95. The highest BCUT2D eigenvalue weighted by Gasteiger charge is 2.04. The summed E-state index contributed by atoms with van der Waals surface area (Å²) in [5, 5.41) is 0. The maximum absolute atomic E-state index is 11.2. The molecule has 9 heteroatoms. The van der Waals surface area contributed by atoms with Gasteiger partial charge in [0.15, 0.2) is 0 Å². The molecule has 0 radical (unpaired) electrons. The van der Waals surface area contributed by atoms with Crippen molar-refractivity contribution in [3.05, 3.63) is 41.5 Å². The summed E-state index contributed by atoms with van der Waals surface area (Å²) in [5.41, 5.74) is 9.66. The number of aryl methyl sites for hydroxylation is 1. The summed E-state index contributed by atoms with van der Waals surface area (Å²) in [5.74, 6) is -0.407. The number of rotatable bonds is 28. The summed E-state index contributed by atoms with van der Waals surface area (Å²) in [7, 11) is 0. The number of unbranched alkanes of at least 4 members (excludes halogenated alkanes) is 5. The van der Waals surface area contributed by atoms with Crippen LogP contribution < -0.4 is 5.73 Å². The fourth-order valence-corrected chi connectivity index (χ4v) is 3.65. The molecule has 9 nitrogen and oxygen atoms in total. The van der Waals surface area contributed by atoms with E-state index in [9.17, 15) is 4.79 Å². The van der Waals surface area contributed by atoms with Crippen LogP contribution in [0.1, 0.15) is 63.5 Å². The summed E-state index contributed by atoms with van der Waals surface area (Å²) in [6.45, 7) is 13.3. The average molecular weight is 568 g/mol. The number of benzene rings is 1. The van der Waals surface area contributed by atoms with Gasteiger partial charge >= 0.3 is 5.97 Å². The Kier molecular flexibility index (Phi) is 23.3. The quantitative estimate of drug-likeness (QED) is 0.0655. The summed E-state index contributed by atoms with van der Waals surface area (Å²) in [4.78, 5) is 11.2. The van der Waals surface area contributed by atoms with Crippen molar-refractivity contribution in [1.29, 1.82) is 0 Å². The largest absolute Gasteiger partial charge is 0.460 e. The topological polar surface area (TPSA) is 108 Å². The molecule has 230 valence electrons. The van der Waals surface area contributed by atoms with Crippen LogP contribution in [0.3, 0.4) is 0 Å². The number of ether oxygens (including phenoxy) is 7. The summed E-state index contributed by atoms with van der Waals surface area (Å²) < 4.78 is 37.9. The van der Waals surface area contributed by atoms with E-state index in [1.54, 1.807) is 6.92 Å². The number of esters is 1. The second-order valence-electron chi connectivity index (χ2n) is 9.58. The normalized spacial score (nSPS) is 11.2. The highest BCUT2D eigenvalue weighted by Crippen LogP contribution is 2.18. The number of hydrogen-bond donors (Lipinski definition) is 1. The third-order valence-electron chi connectivity index (χ3n) is 5.95. The predicted molar refractivity (Wildman–Crippen MR) is 157 cm³/mol. The number of anilines is 1. The van der Waals surface area contributed by atoms with Gasteiger partial charge in [0, 0.05) is 16.8 Å². The molecule has 1 rings (SSSR count). The van der Waals surface area contributed by atoms with E-state index in [0.29, 0.717) is 84.9 Å². The van der Waals surface area contributed by atoms with Crippen molar-refractivity contribution >= 4 is 11.7 Å².